The summed E-state index contributed by atoms with van der Waals surface area (Å²) >= 11 is 3.15. The fraction of sp³-hybridized carbons (Fsp3) is 0.462. The summed E-state index contributed by atoms with van der Waals surface area (Å²) < 4.78 is 5.80. The third kappa shape index (κ3) is 4.40. The van der Waals surface area contributed by atoms with Crippen LogP contribution < -0.4 is 15.8 Å². The van der Waals surface area contributed by atoms with Gasteiger partial charge in [0.05, 0.1) is 17.1 Å². The Bertz CT molecular complexity index is 538. The maximum Gasteiger partial charge on any atom is 0.287 e. The van der Waals surface area contributed by atoms with E-state index in [2.05, 4.69) is 21.2 Å². The number of ether oxygens (including phenoxy) is 1. The van der Waals surface area contributed by atoms with E-state index in [4.69, 9.17) is 10.5 Å². The van der Waals surface area contributed by atoms with Crippen LogP contribution in [-0.2, 0) is 4.79 Å². The zero-order valence-electron chi connectivity index (χ0n) is 11.9. The van der Waals surface area contributed by atoms with Crippen molar-refractivity contribution in [1.82, 2.24) is 5.32 Å². The summed E-state index contributed by atoms with van der Waals surface area (Å²) in [6, 6.07) is 4.53. The Labute approximate surface area is 131 Å². The van der Waals surface area contributed by atoms with E-state index in [0.29, 0.717) is 18.7 Å². The maximum atomic E-state index is 11.5. The molecule has 0 fully saturated rings. The monoisotopic (exact) mass is 359 g/mol. The van der Waals surface area contributed by atoms with Gasteiger partial charge in [0.25, 0.3) is 5.69 Å². The SMILES string of the molecule is CCNC(C)(CCOc1cccc([N+](=O)[O-])c1Br)C(N)=O. The maximum absolute atomic E-state index is 11.5. The summed E-state index contributed by atoms with van der Waals surface area (Å²) in [6.07, 6.45) is 0.352. The number of nitrogens with two attached hydrogens (primary N) is 1. The fourth-order valence-corrected chi connectivity index (χ4v) is 2.33. The van der Waals surface area contributed by atoms with E-state index in [1.165, 1.54) is 12.1 Å². The molecule has 0 heterocycles. The van der Waals surface area contributed by atoms with Crippen LogP contribution in [0, 0.1) is 10.1 Å². The van der Waals surface area contributed by atoms with Gasteiger partial charge in [-0.3, -0.25) is 14.9 Å². The number of halogens is 1. The number of nitro benzene ring substituents is 1. The van der Waals surface area contributed by atoms with E-state index in [0.717, 1.165) is 0 Å². The van der Waals surface area contributed by atoms with Crippen LogP contribution in [0.25, 0.3) is 0 Å². The van der Waals surface area contributed by atoms with Crippen molar-refractivity contribution in [3.63, 3.8) is 0 Å². The van der Waals surface area contributed by atoms with Crippen LogP contribution >= 0.6 is 15.9 Å². The predicted octanol–water partition coefficient (Wildman–Crippen LogP) is 1.98. The highest BCUT2D eigenvalue weighted by molar-refractivity contribution is 9.10. The van der Waals surface area contributed by atoms with E-state index in [1.54, 1.807) is 13.0 Å². The van der Waals surface area contributed by atoms with Gasteiger partial charge in [0.1, 0.15) is 10.2 Å². The lowest BCUT2D eigenvalue weighted by Crippen LogP contribution is -2.53. The first kappa shape index (κ1) is 17.4. The molecular formula is C13H18BrN3O4. The van der Waals surface area contributed by atoms with Crippen LogP contribution in [0.4, 0.5) is 5.69 Å². The third-order valence-electron chi connectivity index (χ3n) is 3.11. The zero-order chi connectivity index (χ0) is 16.0. The summed E-state index contributed by atoms with van der Waals surface area (Å²) in [6.45, 7) is 4.37. The van der Waals surface area contributed by atoms with Gasteiger partial charge in [-0.05, 0) is 35.5 Å². The lowest BCUT2D eigenvalue weighted by atomic mass is 9.97. The second kappa shape index (κ2) is 7.37. The van der Waals surface area contributed by atoms with E-state index < -0.39 is 16.4 Å². The molecule has 0 saturated carbocycles. The van der Waals surface area contributed by atoms with E-state index in [1.807, 2.05) is 6.92 Å². The van der Waals surface area contributed by atoms with Crippen molar-refractivity contribution >= 4 is 27.5 Å². The molecule has 1 aromatic carbocycles. The second-order valence-corrected chi connectivity index (χ2v) is 5.46. The van der Waals surface area contributed by atoms with Crippen LogP contribution in [0.2, 0.25) is 0 Å². The fourth-order valence-electron chi connectivity index (χ4n) is 1.81. The second-order valence-electron chi connectivity index (χ2n) is 4.67. The molecule has 1 unspecified atom stereocenters. The highest BCUT2D eigenvalue weighted by Gasteiger charge is 2.29. The molecule has 1 rings (SSSR count). The van der Waals surface area contributed by atoms with Gasteiger partial charge in [-0.2, -0.15) is 0 Å². The average molecular weight is 360 g/mol. The third-order valence-corrected chi connectivity index (χ3v) is 3.91. The number of carbonyl (C=O) groups is 1. The van der Waals surface area contributed by atoms with Crippen molar-refractivity contribution in [2.24, 2.45) is 5.73 Å². The van der Waals surface area contributed by atoms with Gasteiger partial charge in [-0.15, -0.1) is 0 Å². The lowest BCUT2D eigenvalue weighted by Gasteiger charge is -2.26. The predicted molar refractivity (Wildman–Crippen MR) is 82.2 cm³/mol. The number of amides is 1. The molecule has 1 amide bonds. The molecule has 0 radical (unpaired) electrons. The van der Waals surface area contributed by atoms with Gasteiger partial charge in [-0.1, -0.05) is 13.0 Å². The molecule has 0 aromatic heterocycles. The molecule has 21 heavy (non-hydrogen) atoms. The molecule has 0 bridgehead atoms. The minimum atomic E-state index is -0.873. The van der Waals surface area contributed by atoms with Crippen LogP contribution in [0.3, 0.4) is 0 Å². The molecule has 3 N–H and O–H groups in total. The van der Waals surface area contributed by atoms with Crippen molar-refractivity contribution in [3.05, 3.63) is 32.8 Å². The number of nitro groups is 1. The first-order chi connectivity index (χ1) is 9.81. The summed E-state index contributed by atoms with van der Waals surface area (Å²) in [5.74, 6) is -0.112. The molecule has 1 atom stereocenters. The molecule has 0 aliphatic carbocycles. The minimum Gasteiger partial charge on any atom is -0.492 e. The number of hydrogen-bond acceptors (Lipinski definition) is 5. The smallest absolute Gasteiger partial charge is 0.287 e. The van der Waals surface area contributed by atoms with E-state index >= 15 is 0 Å². The quantitative estimate of drug-likeness (QED) is 0.544. The number of nitrogens with zero attached hydrogens (tertiary/aromatic N) is 1. The van der Waals surface area contributed by atoms with Crippen molar-refractivity contribution in [3.8, 4) is 5.75 Å². The molecule has 0 saturated heterocycles. The van der Waals surface area contributed by atoms with Crippen molar-refractivity contribution in [2.75, 3.05) is 13.2 Å². The standard InChI is InChI=1S/C13H18BrN3O4/c1-3-16-13(2,12(15)18)7-8-21-10-6-4-5-9(11(10)14)17(19)20/h4-6,16H,3,7-8H2,1-2H3,(H2,15,18). The molecule has 0 aliphatic rings. The highest BCUT2D eigenvalue weighted by Crippen LogP contribution is 2.33. The first-order valence-electron chi connectivity index (χ1n) is 6.42. The topological polar surface area (TPSA) is 107 Å². The molecule has 7 nitrogen and oxygen atoms in total. The highest BCUT2D eigenvalue weighted by atomic mass is 79.9. The average Bonchev–Trinajstić information content (AvgIpc) is 2.40. The van der Waals surface area contributed by atoms with Gasteiger partial charge >= 0.3 is 0 Å². The number of likely N-dealkylation sites (N-methyl/N-ethyl adjacent to an activating group) is 1. The molecule has 1 aromatic rings. The van der Waals surface area contributed by atoms with Crippen LogP contribution in [0.5, 0.6) is 5.75 Å². The van der Waals surface area contributed by atoms with Crippen LogP contribution in [0.15, 0.2) is 22.7 Å². The van der Waals surface area contributed by atoms with Gasteiger partial charge in [0.15, 0.2) is 0 Å². The number of nitrogens with one attached hydrogen (secondary N) is 1. The molecule has 8 heteroatoms. The summed E-state index contributed by atoms with van der Waals surface area (Å²) in [4.78, 5) is 21.8. The summed E-state index contributed by atoms with van der Waals surface area (Å²) in [7, 11) is 0. The van der Waals surface area contributed by atoms with Crippen LogP contribution in [0.1, 0.15) is 20.3 Å². The Hall–Kier alpha value is -1.67. The first-order valence-corrected chi connectivity index (χ1v) is 7.21. The van der Waals surface area contributed by atoms with E-state index in [9.17, 15) is 14.9 Å². The summed E-state index contributed by atoms with van der Waals surface area (Å²) in [5.41, 5.74) is 4.43. The van der Waals surface area contributed by atoms with Crippen molar-refractivity contribution in [2.45, 2.75) is 25.8 Å². The Balaban J connectivity index is 2.74. The normalized spacial score (nSPS) is 13.5. The van der Waals surface area contributed by atoms with Crippen LogP contribution in [-0.4, -0.2) is 29.5 Å². The van der Waals surface area contributed by atoms with Gasteiger partial charge in [-0.25, -0.2) is 0 Å². The summed E-state index contributed by atoms with van der Waals surface area (Å²) in [5, 5.41) is 13.8. The molecule has 116 valence electrons. The molecule has 0 aliphatic heterocycles. The minimum absolute atomic E-state index is 0.0724. The molecular weight excluding hydrogens is 342 g/mol. The Morgan fingerprint density at radius 1 is 1.57 bits per heavy atom. The number of rotatable bonds is 8. The Morgan fingerprint density at radius 2 is 2.24 bits per heavy atom. The largest absolute Gasteiger partial charge is 0.492 e. The number of hydrogen-bond donors (Lipinski definition) is 2. The number of primary amides is 1. The Morgan fingerprint density at radius 3 is 2.76 bits per heavy atom. The van der Waals surface area contributed by atoms with Crippen molar-refractivity contribution < 1.29 is 14.5 Å². The number of benzene rings is 1. The molecule has 0 spiro atoms. The lowest BCUT2D eigenvalue weighted by molar-refractivity contribution is -0.385. The van der Waals surface area contributed by atoms with Crippen molar-refractivity contribution in [1.29, 1.82) is 0 Å². The van der Waals surface area contributed by atoms with Gasteiger partial charge < -0.3 is 15.8 Å². The number of carbonyl (C=O) groups excluding carboxylic acids is 1. The Kier molecular flexibility index (Phi) is 6.10. The van der Waals surface area contributed by atoms with Gasteiger partial charge in [0, 0.05) is 12.5 Å². The zero-order valence-corrected chi connectivity index (χ0v) is 13.5. The van der Waals surface area contributed by atoms with Gasteiger partial charge in [0.2, 0.25) is 5.91 Å². The van der Waals surface area contributed by atoms with E-state index in [-0.39, 0.29) is 16.8 Å².